The van der Waals surface area contributed by atoms with Gasteiger partial charge in [-0.1, -0.05) is 54.4 Å². The fourth-order valence-corrected chi connectivity index (χ4v) is 11.0. The summed E-state index contributed by atoms with van der Waals surface area (Å²) in [6.07, 6.45) is -1.40. The first-order valence-corrected chi connectivity index (χ1v) is 28.3. The second kappa shape index (κ2) is 17.5. The number of hydrogen-bond acceptors (Lipinski definition) is 14. The highest BCUT2D eigenvalue weighted by atomic mass is 32.2. The van der Waals surface area contributed by atoms with Crippen LogP contribution in [-0.4, -0.2) is 96.8 Å². The molecule has 2 aromatic heterocycles. The molecule has 1 spiro atoms. The van der Waals surface area contributed by atoms with Gasteiger partial charge in [-0.15, -0.1) is 0 Å². The first-order valence-electron chi connectivity index (χ1n) is 21.0. The van der Waals surface area contributed by atoms with Gasteiger partial charge >= 0.3 is 11.4 Å². The molecule has 0 aliphatic carbocycles. The maximum absolute atomic E-state index is 14.5. The lowest BCUT2D eigenvalue weighted by Crippen LogP contribution is -2.59. The summed E-state index contributed by atoms with van der Waals surface area (Å²) >= 11 is 0. The summed E-state index contributed by atoms with van der Waals surface area (Å²) in [4.78, 5) is 54.4. The number of unbranched alkanes of at least 4 members (excludes halogenated alkanes) is 3. The van der Waals surface area contributed by atoms with Gasteiger partial charge in [0, 0.05) is 43.0 Å². The number of aryl methyl sites for hydroxylation is 2. The number of nitrogens with zero attached hydrogens (tertiary/aromatic N) is 4. The Morgan fingerprint density at radius 2 is 1.34 bits per heavy atom. The van der Waals surface area contributed by atoms with Gasteiger partial charge in [0.25, 0.3) is 21.2 Å². The molecule has 61 heavy (non-hydrogen) atoms. The summed E-state index contributed by atoms with van der Waals surface area (Å²) in [6, 6.07) is 0. The van der Waals surface area contributed by atoms with Gasteiger partial charge in [0.2, 0.25) is 0 Å². The molecule has 21 heteroatoms. The Kier molecular flexibility index (Phi) is 14.1. The maximum atomic E-state index is 14.5. The van der Waals surface area contributed by atoms with E-state index in [1.165, 1.54) is 21.5 Å². The van der Waals surface area contributed by atoms with Crippen molar-refractivity contribution in [1.29, 1.82) is 0 Å². The zero-order valence-electron chi connectivity index (χ0n) is 37.7. The van der Waals surface area contributed by atoms with Crippen molar-refractivity contribution in [1.82, 2.24) is 18.3 Å². The fourth-order valence-electron chi connectivity index (χ4n) is 7.46. The predicted molar refractivity (Wildman–Crippen MR) is 234 cm³/mol. The number of aliphatic hydroxyl groups excluding tert-OH is 2. The Labute approximate surface area is 359 Å². The number of ether oxygens (including phenoxy) is 2. The van der Waals surface area contributed by atoms with Crippen molar-refractivity contribution in [2.45, 2.75) is 179 Å². The third-order valence-corrected chi connectivity index (χ3v) is 23.3. The summed E-state index contributed by atoms with van der Waals surface area (Å²) in [5.74, 6) is 0. The van der Waals surface area contributed by atoms with E-state index in [4.69, 9.17) is 28.2 Å². The molecule has 5 rings (SSSR count). The summed E-state index contributed by atoms with van der Waals surface area (Å²) < 4.78 is 63.1. The number of aromatic nitrogens is 4. The monoisotopic (exact) mass is 913 g/mol. The van der Waals surface area contributed by atoms with Gasteiger partial charge in [0.1, 0.15) is 24.5 Å². The summed E-state index contributed by atoms with van der Waals surface area (Å²) in [5, 5.41) is 20.0. The van der Waals surface area contributed by atoms with Gasteiger partial charge in [-0.2, -0.15) is 8.42 Å². The lowest BCUT2D eigenvalue weighted by atomic mass is 9.89. The van der Waals surface area contributed by atoms with Gasteiger partial charge in [0.15, 0.2) is 28.5 Å². The zero-order chi connectivity index (χ0) is 45.8. The Balaban J connectivity index is 1.41. The Hall–Kier alpha value is -3.00. The number of aliphatic hydroxyl groups is 2. The molecule has 0 radical (unpaired) electrons. The number of hydrogen-bond donors (Lipinski definition) is 3. The van der Waals surface area contributed by atoms with E-state index in [1.807, 2.05) is 33.9 Å². The van der Waals surface area contributed by atoms with E-state index >= 15 is 0 Å². The average Bonchev–Trinajstić information content (AvgIpc) is 3.74. The molecule has 2 aromatic rings. The van der Waals surface area contributed by atoms with Crippen molar-refractivity contribution in [2.75, 3.05) is 13.2 Å². The van der Waals surface area contributed by atoms with Gasteiger partial charge < -0.3 is 34.3 Å². The Morgan fingerprint density at radius 1 is 0.836 bits per heavy atom. The van der Waals surface area contributed by atoms with Crippen molar-refractivity contribution in [3.8, 4) is 0 Å². The van der Waals surface area contributed by atoms with E-state index in [1.54, 1.807) is 13.8 Å². The van der Waals surface area contributed by atoms with Crippen LogP contribution in [0.15, 0.2) is 42.7 Å². The van der Waals surface area contributed by atoms with Crippen LogP contribution >= 0.6 is 0 Å². The van der Waals surface area contributed by atoms with Crippen molar-refractivity contribution in [3.63, 3.8) is 0 Å². The van der Waals surface area contributed by atoms with Crippen molar-refractivity contribution in [2.24, 2.45) is 5.73 Å². The molecule has 0 amide bonds. The molecule has 7 atom stereocenters. The number of rotatable bonds is 15. The first kappa shape index (κ1) is 49.0. The molecule has 2 saturated heterocycles. The largest absolute Gasteiger partial charge is 0.414 e. The van der Waals surface area contributed by atoms with Crippen LogP contribution in [0.4, 0.5) is 0 Å². The van der Waals surface area contributed by atoms with Crippen LogP contribution in [0.2, 0.25) is 36.3 Å². The summed E-state index contributed by atoms with van der Waals surface area (Å²) in [5.41, 5.74) is 2.96. The van der Waals surface area contributed by atoms with Gasteiger partial charge in [-0.3, -0.25) is 27.9 Å². The van der Waals surface area contributed by atoms with Crippen molar-refractivity contribution in [3.05, 3.63) is 76.3 Å². The fraction of sp³-hybridized carbons (Fsp3) is 0.750. The van der Waals surface area contributed by atoms with E-state index < -0.39 is 98.3 Å². The van der Waals surface area contributed by atoms with Crippen LogP contribution in [0.5, 0.6) is 0 Å². The van der Waals surface area contributed by atoms with Crippen LogP contribution < -0.4 is 28.2 Å². The average molecular weight is 914 g/mol. The smallest absolute Gasteiger partial charge is 0.333 e. The SMILES string of the molecule is Cc1cn(C2CC(O)C(CO)O2)c(=O)n(CCCCCCn2c(=O)c(C)cn(C3OC(CO[Si](C)(C)C(C)(C)C)C4(OS(=O)(=O)C=C4N)C3O[Si](C)(C)C(C)(C)C)c2=O)c1=O. The highest BCUT2D eigenvalue weighted by Gasteiger charge is 2.67. The maximum Gasteiger partial charge on any atom is 0.333 e. The molecular weight excluding hydrogens is 847 g/mol. The van der Waals surface area contributed by atoms with Crippen molar-refractivity contribution >= 4 is 26.8 Å². The minimum absolute atomic E-state index is 0.0420. The Morgan fingerprint density at radius 3 is 1.80 bits per heavy atom. The second-order valence-electron chi connectivity index (χ2n) is 19.8. The van der Waals surface area contributed by atoms with E-state index in [-0.39, 0.29) is 47.5 Å². The van der Waals surface area contributed by atoms with E-state index in [9.17, 15) is 37.8 Å². The minimum Gasteiger partial charge on any atom is -0.414 e. The lowest BCUT2D eigenvalue weighted by Gasteiger charge is -2.43. The normalized spacial score (nSPS) is 27.0. The van der Waals surface area contributed by atoms with Gasteiger partial charge in [-0.05, 0) is 63.0 Å². The third-order valence-electron chi connectivity index (χ3n) is 13.3. The third kappa shape index (κ3) is 9.60. The first-order chi connectivity index (χ1) is 28.0. The molecule has 3 aliphatic heterocycles. The topological polar surface area (TPSA) is 235 Å². The Bertz CT molecular complexity index is 2340. The van der Waals surface area contributed by atoms with Crippen LogP contribution in [0.3, 0.4) is 0 Å². The van der Waals surface area contributed by atoms with Gasteiger partial charge in [0.05, 0.1) is 30.4 Å². The van der Waals surface area contributed by atoms with E-state index in [2.05, 4.69) is 33.9 Å². The van der Waals surface area contributed by atoms with Crippen LogP contribution in [0.25, 0.3) is 0 Å². The molecule has 2 fully saturated rings. The summed E-state index contributed by atoms with van der Waals surface area (Å²) in [6.45, 7) is 23.2. The molecule has 7 unspecified atom stereocenters. The molecule has 0 bridgehead atoms. The van der Waals surface area contributed by atoms with Crippen LogP contribution in [0.1, 0.15) is 97.2 Å². The summed E-state index contributed by atoms with van der Waals surface area (Å²) in [7, 11) is -9.54. The number of nitrogens with two attached hydrogens (primary N) is 1. The second-order valence-corrected chi connectivity index (χ2v) is 30.7. The predicted octanol–water partition coefficient (Wildman–Crippen LogP) is 3.06. The van der Waals surface area contributed by atoms with Gasteiger partial charge in [-0.25, -0.2) is 13.8 Å². The quantitative estimate of drug-likeness (QED) is 0.132. The molecule has 0 aromatic carbocycles. The van der Waals surface area contributed by atoms with Crippen LogP contribution in [-0.2, 0) is 45.7 Å². The van der Waals surface area contributed by atoms with Crippen molar-refractivity contribution < 1.29 is 41.1 Å². The standard InChI is InChI=1S/C40H67N5O13SSi2/c1-25-20-44(31-19-27(47)28(22-46)55-31)36(50)42(33(25)48)17-15-13-14-16-18-43-34(49)26(2)21-45(37(43)51)35-32(57-61(11,12)39(6,7)8)40(29(41)24-59(52,53)58-40)30(56-35)23-54-60(9,10)38(3,4)5/h20-21,24,27-28,30-32,35,46-47H,13-19,22-23,41H2,1-12H3. The molecule has 4 N–H and O–H groups in total. The zero-order valence-corrected chi connectivity index (χ0v) is 40.5. The van der Waals surface area contributed by atoms with E-state index in [0.29, 0.717) is 31.2 Å². The molecular formula is C40H67N5O13SSi2. The molecule has 344 valence electrons. The highest BCUT2D eigenvalue weighted by molar-refractivity contribution is 7.90. The lowest BCUT2D eigenvalue weighted by molar-refractivity contribution is -0.0567. The van der Waals surface area contributed by atoms with E-state index in [0.717, 1.165) is 14.5 Å². The minimum atomic E-state index is -4.30. The highest BCUT2D eigenvalue weighted by Crippen LogP contribution is 2.52. The molecule has 18 nitrogen and oxygen atoms in total. The molecule has 3 aliphatic rings. The van der Waals surface area contributed by atoms with Crippen LogP contribution in [0, 0.1) is 13.8 Å². The molecule has 0 saturated carbocycles. The molecule has 5 heterocycles.